The maximum absolute atomic E-state index is 12.2. The lowest BCUT2D eigenvalue weighted by Gasteiger charge is -2.33. The first-order chi connectivity index (χ1) is 8.67. The third-order valence-electron chi connectivity index (χ3n) is 4.45. The zero-order valence-electron chi connectivity index (χ0n) is 11.4. The molecule has 0 bridgehead atoms. The van der Waals surface area contributed by atoms with Crippen LogP contribution in [0.25, 0.3) is 0 Å². The summed E-state index contributed by atoms with van der Waals surface area (Å²) in [5.74, 6) is 0.587. The number of carbonyl (C=O) groups is 2. The standard InChI is InChI=1S/C14H23NO3/c1-3-10-5-4-6-13(16)15-11(9-10)7-8-12(15)14(17)18-2/h10-12H,3-9H2,1-2H3/t10-,11-,12+/m1/s1. The number of rotatable bonds is 2. The maximum Gasteiger partial charge on any atom is 0.328 e. The lowest BCUT2D eigenvalue weighted by molar-refractivity contribution is -0.152. The first-order valence-electron chi connectivity index (χ1n) is 7.06. The SMILES string of the molecule is CC[C@@H]1CCCC(=O)N2[C@H](CC[C@H]2C(=O)OC)C1. The molecule has 0 radical (unpaired) electrons. The van der Waals surface area contributed by atoms with Crippen molar-refractivity contribution in [1.29, 1.82) is 0 Å². The Morgan fingerprint density at radius 2 is 2.17 bits per heavy atom. The van der Waals surface area contributed by atoms with Crippen LogP contribution in [-0.4, -0.2) is 36.0 Å². The van der Waals surface area contributed by atoms with E-state index in [1.807, 2.05) is 4.90 Å². The highest BCUT2D eigenvalue weighted by Gasteiger charge is 2.42. The van der Waals surface area contributed by atoms with Crippen LogP contribution in [0.3, 0.4) is 0 Å². The van der Waals surface area contributed by atoms with Crippen LogP contribution in [0.1, 0.15) is 51.9 Å². The van der Waals surface area contributed by atoms with E-state index >= 15 is 0 Å². The molecule has 2 saturated heterocycles. The summed E-state index contributed by atoms with van der Waals surface area (Å²) in [6.45, 7) is 2.21. The van der Waals surface area contributed by atoms with Crippen LogP contribution in [-0.2, 0) is 14.3 Å². The Bertz CT molecular complexity index is 329. The molecule has 2 aliphatic rings. The smallest absolute Gasteiger partial charge is 0.328 e. The predicted octanol–water partition coefficient (Wildman–Crippen LogP) is 2.12. The van der Waals surface area contributed by atoms with Gasteiger partial charge in [0.15, 0.2) is 0 Å². The average Bonchev–Trinajstić information content (AvgIpc) is 2.77. The van der Waals surface area contributed by atoms with Gasteiger partial charge in [-0.25, -0.2) is 4.79 Å². The first kappa shape index (κ1) is 13.4. The molecule has 2 fully saturated rings. The molecular formula is C14H23NO3. The van der Waals surface area contributed by atoms with E-state index in [9.17, 15) is 9.59 Å². The fraction of sp³-hybridized carbons (Fsp3) is 0.857. The number of nitrogens with zero attached hydrogens (tertiary/aromatic N) is 1. The second-order valence-corrected chi connectivity index (χ2v) is 5.47. The van der Waals surface area contributed by atoms with Crippen molar-refractivity contribution < 1.29 is 14.3 Å². The van der Waals surface area contributed by atoms with Crippen LogP contribution in [0.4, 0.5) is 0 Å². The van der Waals surface area contributed by atoms with Gasteiger partial charge in [-0.15, -0.1) is 0 Å². The van der Waals surface area contributed by atoms with Crippen LogP contribution in [0, 0.1) is 5.92 Å². The molecule has 1 amide bonds. The zero-order valence-corrected chi connectivity index (χ0v) is 11.4. The lowest BCUT2D eigenvalue weighted by atomic mass is 9.89. The highest BCUT2D eigenvalue weighted by Crippen LogP contribution is 2.34. The van der Waals surface area contributed by atoms with Crippen molar-refractivity contribution in [2.24, 2.45) is 5.92 Å². The molecule has 4 nitrogen and oxygen atoms in total. The van der Waals surface area contributed by atoms with E-state index < -0.39 is 0 Å². The summed E-state index contributed by atoms with van der Waals surface area (Å²) in [5.41, 5.74) is 0. The quantitative estimate of drug-likeness (QED) is 0.708. The molecule has 18 heavy (non-hydrogen) atoms. The minimum atomic E-state index is -0.330. The maximum atomic E-state index is 12.2. The van der Waals surface area contributed by atoms with Crippen molar-refractivity contribution in [3.63, 3.8) is 0 Å². The van der Waals surface area contributed by atoms with E-state index in [1.54, 1.807) is 0 Å². The monoisotopic (exact) mass is 253 g/mol. The van der Waals surface area contributed by atoms with E-state index in [0.29, 0.717) is 12.3 Å². The van der Waals surface area contributed by atoms with Gasteiger partial charge in [0, 0.05) is 12.5 Å². The van der Waals surface area contributed by atoms with Crippen molar-refractivity contribution in [1.82, 2.24) is 4.90 Å². The van der Waals surface area contributed by atoms with E-state index in [1.165, 1.54) is 13.5 Å². The van der Waals surface area contributed by atoms with Crippen LogP contribution in [0.5, 0.6) is 0 Å². The molecule has 4 heteroatoms. The largest absolute Gasteiger partial charge is 0.467 e. The van der Waals surface area contributed by atoms with Crippen molar-refractivity contribution in [2.45, 2.75) is 64.0 Å². The van der Waals surface area contributed by atoms with Gasteiger partial charge in [-0.3, -0.25) is 4.79 Å². The number of hydrogen-bond acceptors (Lipinski definition) is 3. The summed E-state index contributed by atoms with van der Waals surface area (Å²) >= 11 is 0. The van der Waals surface area contributed by atoms with Crippen molar-refractivity contribution in [2.75, 3.05) is 7.11 Å². The van der Waals surface area contributed by atoms with E-state index in [2.05, 4.69) is 6.92 Å². The van der Waals surface area contributed by atoms with E-state index in [0.717, 1.165) is 32.1 Å². The molecular weight excluding hydrogens is 230 g/mol. The molecule has 0 unspecified atom stereocenters. The molecule has 0 spiro atoms. The van der Waals surface area contributed by atoms with Gasteiger partial charge in [0.25, 0.3) is 0 Å². The lowest BCUT2D eigenvalue weighted by Crippen LogP contribution is -2.46. The molecule has 0 saturated carbocycles. The molecule has 2 aliphatic heterocycles. The first-order valence-corrected chi connectivity index (χ1v) is 7.06. The van der Waals surface area contributed by atoms with Gasteiger partial charge in [-0.1, -0.05) is 13.3 Å². The second-order valence-electron chi connectivity index (χ2n) is 5.47. The Hall–Kier alpha value is -1.06. The molecule has 0 aromatic rings. The number of esters is 1. The van der Waals surface area contributed by atoms with Crippen LogP contribution < -0.4 is 0 Å². The number of hydrogen-bond donors (Lipinski definition) is 0. The van der Waals surface area contributed by atoms with Crippen molar-refractivity contribution >= 4 is 11.9 Å². The number of fused-ring (bicyclic) bond motifs is 1. The van der Waals surface area contributed by atoms with Gasteiger partial charge in [0.05, 0.1) is 7.11 Å². The summed E-state index contributed by atoms with van der Waals surface area (Å²) in [5, 5.41) is 0. The second kappa shape index (κ2) is 5.72. The fourth-order valence-corrected chi connectivity index (χ4v) is 3.40. The summed E-state index contributed by atoms with van der Waals surface area (Å²) in [4.78, 5) is 25.8. The van der Waals surface area contributed by atoms with E-state index in [4.69, 9.17) is 4.74 Å². The van der Waals surface area contributed by atoms with Crippen molar-refractivity contribution in [3.8, 4) is 0 Å². The van der Waals surface area contributed by atoms with Gasteiger partial charge < -0.3 is 9.64 Å². The van der Waals surface area contributed by atoms with Crippen molar-refractivity contribution in [3.05, 3.63) is 0 Å². The van der Waals surface area contributed by atoms with Gasteiger partial charge in [-0.2, -0.15) is 0 Å². The minimum Gasteiger partial charge on any atom is -0.467 e. The Balaban J connectivity index is 2.14. The number of carbonyl (C=O) groups excluding carboxylic acids is 2. The number of methoxy groups -OCH3 is 1. The van der Waals surface area contributed by atoms with Crippen LogP contribution in [0.15, 0.2) is 0 Å². The predicted molar refractivity (Wildman–Crippen MR) is 67.9 cm³/mol. The number of amides is 1. The topological polar surface area (TPSA) is 46.6 Å². The number of ether oxygens (including phenoxy) is 1. The zero-order chi connectivity index (χ0) is 13.1. The summed E-state index contributed by atoms with van der Waals surface area (Å²) in [7, 11) is 1.40. The normalized spacial score (nSPS) is 32.7. The van der Waals surface area contributed by atoms with Crippen LogP contribution in [0.2, 0.25) is 0 Å². The highest BCUT2D eigenvalue weighted by molar-refractivity contribution is 5.85. The molecule has 3 atom stereocenters. The molecule has 0 aromatic carbocycles. The van der Waals surface area contributed by atoms with Gasteiger partial charge in [-0.05, 0) is 38.0 Å². The van der Waals surface area contributed by atoms with Crippen LogP contribution >= 0.6 is 0 Å². The molecule has 2 heterocycles. The Labute approximate surface area is 109 Å². The third kappa shape index (κ3) is 2.52. The minimum absolute atomic E-state index is 0.141. The molecule has 102 valence electrons. The van der Waals surface area contributed by atoms with Gasteiger partial charge in [0.1, 0.15) is 6.04 Å². The highest BCUT2D eigenvalue weighted by atomic mass is 16.5. The summed E-state index contributed by atoms with van der Waals surface area (Å²) < 4.78 is 4.82. The third-order valence-corrected chi connectivity index (χ3v) is 4.45. The van der Waals surface area contributed by atoms with E-state index in [-0.39, 0.29) is 24.0 Å². The van der Waals surface area contributed by atoms with Gasteiger partial charge in [0.2, 0.25) is 5.91 Å². The fourth-order valence-electron chi connectivity index (χ4n) is 3.40. The molecule has 0 N–H and O–H groups in total. The molecule has 2 rings (SSSR count). The Kier molecular flexibility index (Phi) is 4.25. The molecule has 0 aliphatic carbocycles. The Morgan fingerprint density at radius 1 is 1.39 bits per heavy atom. The molecule has 0 aromatic heterocycles. The Morgan fingerprint density at radius 3 is 2.83 bits per heavy atom. The summed E-state index contributed by atoms with van der Waals surface area (Å²) in [6.07, 6.45) is 6.61. The average molecular weight is 253 g/mol. The van der Waals surface area contributed by atoms with Gasteiger partial charge >= 0.3 is 5.97 Å². The summed E-state index contributed by atoms with van der Waals surface area (Å²) in [6, 6.07) is -0.0741.